The van der Waals surface area contributed by atoms with E-state index in [2.05, 4.69) is 4.98 Å². The fourth-order valence-corrected chi connectivity index (χ4v) is 4.89. The summed E-state index contributed by atoms with van der Waals surface area (Å²) in [6.45, 7) is 1.85. The standard InChI is InChI=1S/C18H23ClN4OS4/c1-11-15(23-8-13(19)6-7-14(23)20-11)16(24)12(9-27-17(25)21(2)3)10-28-18(26)22(4)5/h6-8,12H,9-10H2,1-5H3. The quantitative estimate of drug-likeness (QED) is 0.454. The number of halogens is 1. The second kappa shape index (κ2) is 10.2. The summed E-state index contributed by atoms with van der Waals surface area (Å²) in [5.41, 5.74) is 1.96. The van der Waals surface area contributed by atoms with Gasteiger partial charge in [0.05, 0.1) is 10.7 Å². The van der Waals surface area contributed by atoms with E-state index in [-0.39, 0.29) is 11.7 Å². The maximum atomic E-state index is 13.5. The van der Waals surface area contributed by atoms with Crippen molar-refractivity contribution in [2.45, 2.75) is 6.92 Å². The lowest BCUT2D eigenvalue weighted by atomic mass is 10.0. The van der Waals surface area contributed by atoms with Crippen LogP contribution in [-0.4, -0.2) is 73.3 Å². The van der Waals surface area contributed by atoms with Crippen LogP contribution in [0.1, 0.15) is 16.2 Å². The van der Waals surface area contributed by atoms with Crippen molar-refractivity contribution in [2.75, 3.05) is 39.7 Å². The van der Waals surface area contributed by atoms with E-state index < -0.39 is 0 Å². The van der Waals surface area contributed by atoms with Crippen molar-refractivity contribution in [3.05, 3.63) is 34.7 Å². The molecular weight excluding hydrogens is 452 g/mol. The van der Waals surface area contributed by atoms with Crippen molar-refractivity contribution in [3.63, 3.8) is 0 Å². The Morgan fingerprint density at radius 2 is 1.68 bits per heavy atom. The fraction of sp³-hybridized carbons (Fsp3) is 0.444. The van der Waals surface area contributed by atoms with Crippen molar-refractivity contribution in [1.29, 1.82) is 0 Å². The summed E-state index contributed by atoms with van der Waals surface area (Å²) >= 11 is 19.9. The average Bonchev–Trinajstić information content (AvgIpc) is 2.95. The molecule has 0 aromatic carbocycles. The Bertz CT molecular complexity index is 873. The van der Waals surface area contributed by atoms with Gasteiger partial charge in [0.15, 0.2) is 5.78 Å². The third kappa shape index (κ3) is 5.82. The first-order valence-electron chi connectivity index (χ1n) is 8.48. The minimum absolute atomic E-state index is 0.0235. The van der Waals surface area contributed by atoms with Crippen molar-refractivity contribution >= 4 is 79.6 Å². The Labute approximate surface area is 190 Å². The number of hydrogen-bond acceptors (Lipinski definition) is 6. The number of carbonyl (C=O) groups is 1. The number of nitrogens with zero attached hydrogens (tertiary/aromatic N) is 4. The van der Waals surface area contributed by atoms with Gasteiger partial charge in [0.25, 0.3) is 0 Å². The van der Waals surface area contributed by atoms with Crippen LogP contribution in [0, 0.1) is 12.8 Å². The molecule has 2 aromatic rings. The van der Waals surface area contributed by atoms with E-state index in [1.807, 2.05) is 51.0 Å². The van der Waals surface area contributed by atoms with Crippen LogP contribution in [0.4, 0.5) is 0 Å². The third-order valence-corrected chi connectivity index (χ3v) is 7.93. The summed E-state index contributed by atoms with van der Waals surface area (Å²) < 4.78 is 3.27. The van der Waals surface area contributed by atoms with Crippen LogP contribution in [0.15, 0.2) is 18.3 Å². The minimum Gasteiger partial charge on any atom is -0.364 e. The van der Waals surface area contributed by atoms with Gasteiger partial charge in [-0.15, -0.1) is 0 Å². The lowest BCUT2D eigenvalue weighted by Gasteiger charge is -2.20. The Balaban J connectivity index is 2.31. The highest BCUT2D eigenvalue weighted by atomic mass is 35.5. The Morgan fingerprint density at radius 1 is 1.14 bits per heavy atom. The highest BCUT2D eigenvalue weighted by molar-refractivity contribution is 8.23. The van der Waals surface area contributed by atoms with Crippen LogP contribution in [0.3, 0.4) is 0 Å². The lowest BCUT2D eigenvalue weighted by Crippen LogP contribution is -2.26. The van der Waals surface area contributed by atoms with Crippen molar-refractivity contribution < 1.29 is 4.79 Å². The van der Waals surface area contributed by atoms with Gasteiger partial charge in [-0.3, -0.25) is 9.20 Å². The highest BCUT2D eigenvalue weighted by Crippen LogP contribution is 2.25. The van der Waals surface area contributed by atoms with Crippen molar-refractivity contribution in [1.82, 2.24) is 19.2 Å². The molecule has 0 amide bonds. The predicted molar refractivity (Wildman–Crippen MR) is 130 cm³/mol. The molecule has 152 valence electrons. The van der Waals surface area contributed by atoms with E-state index in [1.165, 1.54) is 23.5 Å². The first-order chi connectivity index (χ1) is 13.1. The number of carbonyl (C=O) groups excluding carboxylic acids is 1. The molecular formula is C18H23ClN4OS4. The number of thiocarbonyl (C=S) groups is 2. The predicted octanol–water partition coefficient (Wildman–Crippen LogP) is 4.25. The molecule has 0 aliphatic carbocycles. The summed E-state index contributed by atoms with van der Waals surface area (Å²) in [6.07, 6.45) is 1.73. The molecule has 0 spiro atoms. The molecule has 0 atom stereocenters. The van der Waals surface area contributed by atoms with Gasteiger partial charge in [-0.05, 0) is 19.1 Å². The van der Waals surface area contributed by atoms with Crippen molar-refractivity contribution in [3.8, 4) is 0 Å². The summed E-state index contributed by atoms with van der Waals surface area (Å²) in [6, 6.07) is 3.58. The molecule has 2 aromatic heterocycles. The molecule has 2 rings (SSSR count). The number of fused-ring (bicyclic) bond motifs is 1. The summed E-state index contributed by atoms with van der Waals surface area (Å²) in [7, 11) is 7.61. The van der Waals surface area contributed by atoms with Crippen LogP contribution >= 0.6 is 59.6 Å². The van der Waals surface area contributed by atoms with E-state index >= 15 is 0 Å². The van der Waals surface area contributed by atoms with E-state index in [0.717, 1.165) is 8.64 Å². The summed E-state index contributed by atoms with van der Waals surface area (Å²) in [5, 5.41) is 0.557. The van der Waals surface area contributed by atoms with E-state index in [4.69, 9.17) is 36.0 Å². The number of Topliss-reactive ketones (excluding diaryl/α,β-unsaturated/α-hetero) is 1. The van der Waals surface area contributed by atoms with Crippen LogP contribution in [-0.2, 0) is 0 Å². The normalized spacial score (nSPS) is 11.1. The molecule has 28 heavy (non-hydrogen) atoms. The number of aromatic nitrogens is 2. The third-order valence-electron chi connectivity index (χ3n) is 3.91. The second-order valence-corrected chi connectivity index (χ2v) is 10.4. The minimum atomic E-state index is -0.261. The van der Waals surface area contributed by atoms with Gasteiger partial charge in [-0.1, -0.05) is 59.6 Å². The van der Waals surface area contributed by atoms with Gasteiger partial charge >= 0.3 is 0 Å². The zero-order valence-corrected chi connectivity index (χ0v) is 20.5. The second-order valence-electron chi connectivity index (χ2n) is 6.63. The van der Waals surface area contributed by atoms with Crippen LogP contribution in [0.25, 0.3) is 5.65 Å². The SMILES string of the molecule is Cc1nc2ccc(Cl)cn2c1C(=O)C(CSC(=S)N(C)C)CSC(=S)N(C)C. The Morgan fingerprint density at radius 3 is 2.18 bits per heavy atom. The largest absolute Gasteiger partial charge is 0.364 e. The molecule has 0 fully saturated rings. The molecule has 0 N–H and O–H groups in total. The molecule has 0 saturated heterocycles. The maximum Gasteiger partial charge on any atom is 0.186 e. The highest BCUT2D eigenvalue weighted by Gasteiger charge is 2.27. The number of thioether (sulfide) groups is 2. The van der Waals surface area contributed by atoms with Crippen LogP contribution in [0.2, 0.25) is 5.02 Å². The number of ketones is 1. The summed E-state index contributed by atoms with van der Waals surface area (Å²) in [4.78, 5) is 21.7. The fourth-order valence-electron chi connectivity index (χ4n) is 2.43. The van der Waals surface area contributed by atoms with Crippen molar-refractivity contribution in [2.24, 2.45) is 5.92 Å². The molecule has 10 heteroatoms. The van der Waals surface area contributed by atoms with Crippen LogP contribution in [0.5, 0.6) is 0 Å². The van der Waals surface area contributed by atoms with Gasteiger partial charge in [0.2, 0.25) is 0 Å². The number of rotatable bonds is 6. The molecule has 0 unspecified atom stereocenters. The van der Waals surface area contributed by atoms with Gasteiger partial charge in [0, 0.05) is 51.8 Å². The lowest BCUT2D eigenvalue weighted by molar-refractivity contribution is 0.0938. The zero-order valence-electron chi connectivity index (χ0n) is 16.4. The molecule has 5 nitrogen and oxygen atoms in total. The first kappa shape index (κ1) is 23.4. The van der Waals surface area contributed by atoms with Crippen LogP contribution < -0.4 is 0 Å². The number of aryl methyl sites for hydroxylation is 1. The molecule has 0 aliphatic rings. The molecule has 0 saturated carbocycles. The number of hydrogen-bond donors (Lipinski definition) is 0. The van der Waals surface area contributed by atoms with Gasteiger partial charge in [0.1, 0.15) is 20.0 Å². The monoisotopic (exact) mass is 474 g/mol. The molecule has 0 aliphatic heterocycles. The molecule has 2 heterocycles. The smallest absolute Gasteiger partial charge is 0.186 e. The number of imidazole rings is 1. The van der Waals surface area contributed by atoms with Gasteiger partial charge < -0.3 is 9.80 Å². The molecule has 0 bridgehead atoms. The van der Waals surface area contributed by atoms with Gasteiger partial charge in [-0.25, -0.2) is 4.98 Å². The molecule has 0 radical (unpaired) electrons. The van der Waals surface area contributed by atoms with E-state index in [0.29, 0.717) is 33.6 Å². The zero-order chi connectivity index (χ0) is 21.0. The summed E-state index contributed by atoms with van der Waals surface area (Å²) in [5.74, 6) is 0.914. The average molecular weight is 475 g/mol. The van der Waals surface area contributed by atoms with E-state index in [9.17, 15) is 4.79 Å². The first-order valence-corrected chi connectivity index (χ1v) is 11.6. The maximum absolute atomic E-state index is 13.5. The van der Waals surface area contributed by atoms with E-state index in [1.54, 1.807) is 16.7 Å². The van der Waals surface area contributed by atoms with Gasteiger partial charge in [-0.2, -0.15) is 0 Å². The Kier molecular flexibility index (Phi) is 8.57. The topological polar surface area (TPSA) is 40.9 Å². The number of pyridine rings is 1. The Hall–Kier alpha value is -0.870.